The van der Waals surface area contributed by atoms with Gasteiger partial charge in [-0.05, 0) is 24.8 Å². The highest BCUT2D eigenvalue weighted by molar-refractivity contribution is 6.29. The van der Waals surface area contributed by atoms with Gasteiger partial charge >= 0.3 is 0 Å². The molecule has 4 heteroatoms. The number of pyridine rings is 1. The molecule has 0 spiro atoms. The third kappa shape index (κ3) is 4.88. The number of rotatable bonds is 5. The molecular formula is C11H17ClN2O. The fraction of sp³-hybridized carbons (Fsp3) is 0.545. The summed E-state index contributed by atoms with van der Waals surface area (Å²) in [6, 6.07) is 3.28. The zero-order valence-corrected chi connectivity index (χ0v) is 9.92. The van der Waals surface area contributed by atoms with Gasteiger partial charge in [0.1, 0.15) is 5.15 Å². The Morgan fingerprint density at radius 2 is 2.20 bits per heavy atom. The molecule has 0 unspecified atom stereocenters. The minimum Gasteiger partial charge on any atom is -0.478 e. The van der Waals surface area contributed by atoms with Crippen molar-refractivity contribution in [1.29, 1.82) is 0 Å². The van der Waals surface area contributed by atoms with Crippen molar-refractivity contribution in [3.63, 3.8) is 0 Å². The molecule has 0 atom stereocenters. The summed E-state index contributed by atoms with van der Waals surface area (Å²) in [6.07, 6.45) is 2.17. The molecule has 1 aromatic rings. The van der Waals surface area contributed by atoms with Gasteiger partial charge in [0.05, 0.1) is 6.61 Å². The predicted molar refractivity (Wildman–Crippen MR) is 63.2 cm³/mol. The maximum absolute atomic E-state index is 5.74. The van der Waals surface area contributed by atoms with Crippen LogP contribution in [0.3, 0.4) is 0 Å². The Balaban J connectivity index is 2.37. The lowest BCUT2D eigenvalue weighted by molar-refractivity contribution is 0.287. The van der Waals surface area contributed by atoms with E-state index in [0.717, 1.165) is 12.8 Å². The molecule has 15 heavy (non-hydrogen) atoms. The summed E-state index contributed by atoms with van der Waals surface area (Å²) < 4.78 is 5.44. The molecule has 0 aliphatic carbocycles. The molecule has 0 amide bonds. The van der Waals surface area contributed by atoms with Crippen molar-refractivity contribution in [2.75, 3.05) is 12.3 Å². The van der Waals surface area contributed by atoms with Gasteiger partial charge in [0.25, 0.3) is 0 Å². The van der Waals surface area contributed by atoms with Gasteiger partial charge in [-0.2, -0.15) is 0 Å². The van der Waals surface area contributed by atoms with Crippen LogP contribution in [0, 0.1) is 5.92 Å². The van der Waals surface area contributed by atoms with Gasteiger partial charge in [0.2, 0.25) is 5.88 Å². The van der Waals surface area contributed by atoms with Crippen LogP contribution in [0.1, 0.15) is 26.7 Å². The molecular weight excluding hydrogens is 212 g/mol. The lowest BCUT2D eigenvalue weighted by Gasteiger charge is -2.07. The van der Waals surface area contributed by atoms with Gasteiger partial charge < -0.3 is 10.5 Å². The van der Waals surface area contributed by atoms with Crippen LogP contribution in [0.2, 0.25) is 5.15 Å². The molecule has 2 N–H and O–H groups in total. The normalized spacial score (nSPS) is 10.7. The van der Waals surface area contributed by atoms with E-state index in [1.807, 2.05) is 0 Å². The van der Waals surface area contributed by atoms with E-state index in [4.69, 9.17) is 22.1 Å². The molecule has 0 saturated heterocycles. The first kappa shape index (κ1) is 12.1. The lowest BCUT2D eigenvalue weighted by Crippen LogP contribution is -2.01. The highest BCUT2D eigenvalue weighted by Crippen LogP contribution is 2.18. The summed E-state index contributed by atoms with van der Waals surface area (Å²) in [7, 11) is 0. The quantitative estimate of drug-likeness (QED) is 0.622. The number of nitrogens with two attached hydrogens (primary N) is 1. The Morgan fingerprint density at radius 3 is 2.80 bits per heavy atom. The molecule has 0 aliphatic rings. The second-order valence-electron chi connectivity index (χ2n) is 3.95. The number of nitrogen functional groups attached to an aromatic ring is 1. The monoisotopic (exact) mass is 228 g/mol. The van der Waals surface area contributed by atoms with E-state index in [2.05, 4.69) is 18.8 Å². The Morgan fingerprint density at radius 1 is 1.47 bits per heavy atom. The second-order valence-corrected chi connectivity index (χ2v) is 4.33. The van der Waals surface area contributed by atoms with Crippen LogP contribution in [-0.4, -0.2) is 11.6 Å². The zero-order valence-electron chi connectivity index (χ0n) is 9.16. The molecule has 3 nitrogen and oxygen atoms in total. The SMILES string of the molecule is CC(C)CCCOc1cc(N)cc(Cl)n1. The van der Waals surface area contributed by atoms with Gasteiger partial charge in [0.15, 0.2) is 0 Å². The van der Waals surface area contributed by atoms with Gasteiger partial charge in [-0.1, -0.05) is 25.4 Å². The molecule has 1 heterocycles. The first-order chi connectivity index (χ1) is 7.08. The van der Waals surface area contributed by atoms with Gasteiger partial charge in [-0.3, -0.25) is 0 Å². The van der Waals surface area contributed by atoms with Gasteiger partial charge in [-0.25, -0.2) is 4.98 Å². The predicted octanol–water partition coefficient (Wildman–Crippen LogP) is 3.13. The Kier molecular flexibility index (Phi) is 4.69. The number of halogens is 1. The van der Waals surface area contributed by atoms with E-state index >= 15 is 0 Å². The van der Waals surface area contributed by atoms with Crippen molar-refractivity contribution < 1.29 is 4.74 Å². The maximum atomic E-state index is 5.74. The first-order valence-electron chi connectivity index (χ1n) is 5.14. The van der Waals surface area contributed by atoms with E-state index in [1.165, 1.54) is 0 Å². The summed E-state index contributed by atoms with van der Waals surface area (Å²) in [4.78, 5) is 4.01. The summed E-state index contributed by atoms with van der Waals surface area (Å²) in [6.45, 7) is 5.04. The standard InChI is InChI=1S/C11H17ClN2O/c1-8(2)4-3-5-15-11-7-9(13)6-10(12)14-11/h6-8H,3-5H2,1-2H3,(H2,13,14). The molecule has 84 valence electrons. The van der Waals surface area contributed by atoms with Crippen LogP contribution >= 0.6 is 11.6 Å². The number of aromatic nitrogens is 1. The van der Waals surface area contributed by atoms with Crippen LogP contribution in [0.5, 0.6) is 5.88 Å². The van der Waals surface area contributed by atoms with Crippen LogP contribution in [0.15, 0.2) is 12.1 Å². The minimum atomic E-state index is 0.369. The Hall–Kier alpha value is -0.960. The average molecular weight is 229 g/mol. The van der Waals surface area contributed by atoms with E-state index < -0.39 is 0 Å². The number of ether oxygens (including phenoxy) is 1. The van der Waals surface area contributed by atoms with E-state index in [1.54, 1.807) is 12.1 Å². The molecule has 0 radical (unpaired) electrons. The molecule has 1 aromatic heterocycles. The molecule has 0 bridgehead atoms. The number of hydrogen-bond donors (Lipinski definition) is 1. The van der Waals surface area contributed by atoms with Crippen LogP contribution < -0.4 is 10.5 Å². The Bertz CT molecular complexity index is 295. The van der Waals surface area contributed by atoms with Gasteiger partial charge in [-0.15, -0.1) is 0 Å². The van der Waals surface area contributed by atoms with Crippen molar-refractivity contribution in [3.05, 3.63) is 17.3 Å². The lowest BCUT2D eigenvalue weighted by atomic mass is 10.1. The molecule has 0 aromatic carbocycles. The minimum absolute atomic E-state index is 0.369. The van der Waals surface area contributed by atoms with Crippen LogP contribution in [0.25, 0.3) is 0 Å². The summed E-state index contributed by atoms with van der Waals surface area (Å²) in [5.41, 5.74) is 6.19. The number of anilines is 1. The number of hydrogen-bond acceptors (Lipinski definition) is 3. The summed E-state index contributed by atoms with van der Waals surface area (Å²) >= 11 is 5.74. The fourth-order valence-electron chi connectivity index (χ4n) is 1.23. The van der Waals surface area contributed by atoms with E-state index in [9.17, 15) is 0 Å². The fourth-order valence-corrected chi connectivity index (χ4v) is 1.44. The first-order valence-corrected chi connectivity index (χ1v) is 5.51. The van der Waals surface area contributed by atoms with Gasteiger partial charge in [0, 0.05) is 11.8 Å². The zero-order chi connectivity index (χ0) is 11.3. The largest absolute Gasteiger partial charge is 0.478 e. The van der Waals surface area contributed by atoms with Crippen LogP contribution in [-0.2, 0) is 0 Å². The smallest absolute Gasteiger partial charge is 0.216 e. The average Bonchev–Trinajstić information content (AvgIpc) is 2.10. The molecule has 0 fully saturated rings. The van der Waals surface area contributed by atoms with Crippen LogP contribution in [0.4, 0.5) is 5.69 Å². The molecule has 0 saturated carbocycles. The summed E-state index contributed by atoms with van der Waals surface area (Å²) in [5.74, 6) is 1.20. The Labute approximate surface area is 95.6 Å². The maximum Gasteiger partial charge on any atom is 0.216 e. The third-order valence-corrected chi connectivity index (χ3v) is 2.16. The van der Waals surface area contributed by atoms with E-state index in [-0.39, 0.29) is 0 Å². The highest BCUT2D eigenvalue weighted by Gasteiger charge is 2.00. The van der Waals surface area contributed by atoms with Crippen molar-refractivity contribution in [2.45, 2.75) is 26.7 Å². The van der Waals surface area contributed by atoms with Crippen molar-refractivity contribution >= 4 is 17.3 Å². The van der Waals surface area contributed by atoms with E-state index in [0.29, 0.717) is 29.2 Å². The van der Waals surface area contributed by atoms with Crippen molar-refractivity contribution in [2.24, 2.45) is 5.92 Å². The van der Waals surface area contributed by atoms with Crippen molar-refractivity contribution in [1.82, 2.24) is 4.98 Å². The second kappa shape index (κ2) is 5.81. The molecule has 1 rings (SSSR count). The highest BCUT2D eigenvalue weighted by atomic mass is 35.5. The third-order valence-electron chi connectivity index (χ3n) is 1.97. The topological polar surface area (TPSA) is 48.1 Å². The summed E-state index contributed by atoms with van der Waals surface area (Å²) in [5, 5.41) is 0.369. The van der Waals surface area contributed by atoms with Crippen molar-refractivity contribution in [3.8, 4) is 5.88 Å². The number of nitrogens with zero attached hydrogens (tertiary/aromatic N) is 1. The molecule has 0 aliphatic heterocycles.